The maximum absolute atomic E-state index is 12.6. The van der Waals surface area contributed by atoms with Crippen LogP contribution in [0, 0.1) is 0 Å². The fourth-order valence-electron chi connectivity index (χ4n) is 1.12. The van der Waals surface area contributed by atoms with Gasteiger partial charge in [-0.05, 0) is 6.42 Å². The largest absolute Gasteiger partial charge is 0.454 e. The third kappa shape index (κ3) is 8.77. The van der Waals surface area contributed by atoms with E-state index in [4.69, 9.17) is 0 Å². The van der Waals surface area contributed by atoms with Crippen molar-refractivity contribution < 1.29 is 69.1 Å². The van der Waals surface area contributed by atoms with Crippen molar-refractivity contribution in [3.8, 4) is 0 Å². The SMILES string of the molecule is O=S(=O)(CC(F)(F)C(F)(F)F)OCCCOS(=O)(=O)CC(F)(F)C(F)(F)F. The molecule has 0 saturated carbocycles. The smallest absolute Gasteiger partial charge is 0.270 e. The van der Waals surface area contributed by atoms with Crippen LogP contribution in [0.25, 0.3) is 0 Å². The molecule has 0 N–H and O–H groups in total. The van der Waals surface area contributed by atoms with Crippen molar-refractivity contribution in [1.29, 1.82) is 0 Å². The number of rotatable bonds is 10. The van der Waals surface area contributed by atoms with Crippen LogP contribution in [0.3, 0.4) is 0 Å². The summed E-state index contributed by atoms with van der Waals surface area (Å²) < 4.78 is 173. The van der Waals surface area contributed by atoms with Gasteiger partial charge in [0.15, 0.2) is 0 Å². The highest BCUT2D eigenvalue weighted by Gasteiger charge is 2.60. The van der Waals surface area contributed by atoms with Crippen molar-refractivity contribution in [2.24, 2.45) is 0 Å². The first-order valence-electron chi connectivity index (χ1n) is 6.25. The lowest BCUT2D eigenvalue weighted by Crippen LogP contribution is -2.43. The predicted octanol–water partition coefficient (Wildman–Crippen LogP) is 2.46. The Hall–Kier alpha value is -0.880. The summed E-state index contributed by atoms with van der Waals surface area (Å²) in [5.41, 5.74) is 0. The third-order valence-electron chi connectivity index (χ3n) is 2.36. The highest BCUT2D eigenvalue weighted by atomic mass is 32.2. The van der Waals surface area contributed by atoms with Crippen LogP contribution in [-0.2, 0) is 28.6 Å². The molecule has 0 fully saturated rings. The molecule has 0 heterocycles. The van der Waals surface area contributed by atoms with Crippen LogP contribution in [-0.4, -0.2) is 65.8 Å². The van der Waals surface area contributed by atoms with E-state index in [1.165, 1.54) is 0 Å². The molecule has 0 atom stereocenters. The average molecular weight is 468 g/mol. The van der Waals surface area contributed by atoms with Crippen molar-refractivity contribution in [2.45, 2.75) is 30.6 Å². The first-order valence-corrected chi connectivity index (χ1v) is 9.41. The first-order chi connectivity index (χ1) is 11.6. The van der Waals surface area contributed by atoms with Crippen LogP contribution < -0.4 is 0 Å². The Bertz CT molecular complexity index is 634. The monoisotopic (exact) mass is 468 g/mol. The van der Waals surface area contributed by atoms with E-state index >= 15 is 0 Å². The Morgan fingerprint density at radius 3 is 1.04 bits per heavy atom. The zero-order chi connectivity index (χ0) is 21.9. The molecule has 6 nitrogen and oxygen atoms in total. The molecular weight excluding hydrogens is 458 g/mol. The minimum atomic E-state index is -6.19. The Labute approximate surface area is 145 Å². The molecule has 0 aromatic carbocycles. The van der Waals surface area contributed by atoms with Gasteiger partial charge in [0.05, 0.1) is 13.2 Å². The van der Waals surface area contributed by atoms with Crippen LogP contribution in [0.2, 0.25) is 0 Å². The zero-order valence-corrected chi connectivity index (χ0v) is 14.2. The van der Waals surface area contributed by atoms with Crippen molar-refractivity contribution in [2.75, 3.05) is 24.7 Å². The molecule has 0 rings (SSSR count). The fraction of sp³-hybridized carbons (Fsp3) is 1.00. The van der Waals surface area contributed by atoms with Gasteiger partial charge in [-0.2, -0.15) is 60.7 Å². The first kappa shape index (κ1) is 26.1. The lowest BCUT2D eigenvalue weighted by molar-refractivity contribution is -0.271. The standard InChI is InChI=1S/C9H10F10O6S2/c10-6(11,8(14,15)16)4-26(20,21)24-2-1-3-25-27(22,23)5-7(12,13)9(17,18)19/h1-5H2. The van der Waals surface area contributed by atoms with E-state index in [1.54, 1.807) is 0 Å². The van der Waals surface area contributed by atoms with Crippen molar-refractivity contribution in [1.82, 2.24) is 0 Å². The van der Waals surface area contributed by atoms with E-state index < -0.39 is 75.6 Å². The van der Waals surface area contributed by atoms with Gasteiger partial charge in [-0.1, -0.05) is 0 Å². The summed E-state index contributed by atoms with van der Waals surface area (Å²) in [6.45, 7) is -2.41. The minimum absolute atomic E-state index is 0.867. The highest BCUT2D eigenvalue weighted by Crippen LogP contribution is 2.37. The number of hydrogen-bond donors (Lipinski definition) is 0. The third-order valence-corrected chi connectivity index (χ3v) is 4.84. The van der Waals surface area contributed by atoms with Gasteiger partial charge in [0.2, 0.25) is 0 Å². The molecule has 27 heavy (non-hydrogen) atoms. The van der Waals surface area contributed by atoms with Crippen LogP contribution >= 0.6 is 0 Å². The summed E-state index contributed by atoms with van der Waals surface area (Å²) in [4.78, 5) is 0. The van der Waals surface area contributed by atoms with Crippen molar-refractivity contribution >= 4 is 20.2 Å². The molecule has 0 aliphatic rings. The number of alkyl halides is 10. The van der Waals surface area contributed by atoms with E-state index in [0.717, 1.165) is 0 Å². The lowest BCUT2D eigenvalue weighted by atomic mass is 10.4. The molecule has 0 amide bonds. The van der Waals surface area contributed by atoms with E-state index in [1.807, 2.05) is 0 Å². The lowest BCUT2D eigenvalue weighted by Gasteiger charge is -2.19. The molecule has 0 radical (unpaired) electrons. The Kier molecular flexibility index (Phi) is 7.97. The van der Waals surface area contributed by atoms with Crippen molar-refractivity contribution in [3.63, 3.8) is 0 Å². The molecule has 0 aromatic rings. The van der Waals surface area contributed by atoms with E-state index in [0.29, 0.717) is 0 Å². The van der Waals surface area contributed by atoms with Gasteiger partial charge in [0.1, 0.15) is 11.5 Å². The minimum Gasteiger partial charge on any atom is -0.270 e. The van der Waals surface area contributed by atoms with Gasteiger partial charge in [0.25, 0.3) is 20.2 Å². The molecule has 0 aromatic heterocycles. The number of halogens is 10. The van der Waals surface area contributed by atoms with Crippen LogP contribution in [0.15, 0.2) is 0 Å². The Morgan fingerprint density at radius 2 is 0.815 bits per heavy atom. The normalized spacial score (nSPS) is 15.2. The molecule has 0 unspecified atom stereocenters. The molecule has 0 aliphatic heterocycles. The highest BCUT2D eigenvalue weighted by molar-refractivity contribution is 7.87. The van der Waals surface area contributed by atoms with Gasteiger partial charge in [0, 0.05) is 0 Å². The maximum atomic E-state index is 12.6. The van der Waals surface area contributed by atoms with Gasteiger partial charge >= 0.3 is 24.2 Å². The fourth-order valence-corrected chi connectivity index (χ4v) is 3.25. The van der Waals surface area contributed by atoms with Crippen molar-refractivity contribution in [3.05, 3.63) is 0 Å². The molecule has 164 valence electrons. The maximum Gasteiger partial charge on any atom is 0.454 e. The van der Waals surface area contributed by atoms with Crippen LogP contribution in [0.4, 0.5) is 43.9 Å². The van der Waals surface area contributed by atoms with E-state index in [2.05, 4.69) is 8.37 Å². The second kappa shape index (κ2) is 8.24. The molecule has 0 bridgehead atoms. The van der Waals surface area contributed by atoms with Gasteiger partial charge in [-0.25, -0.2) is 0 Å². The summed E-state index contributed by atoms with van der Waals surface area (Å²) in [6, 6.07) is 0. The Balaban J connectivity index is 4.51. The van der Waals surface area contributed by atoms with Gasteiger partial charge in [-0.3, -0.25) is 8.37 Å². The summed E-state index contributed by atoms with van der Waals surface area (Å²) in [7, 11) is -10.9. The van der Waals surface area contributed by atoms with Crippen LogP contribution in [0.5, 0.6) is 0 Å². The molecule has 18 heteroatoms. The summed E-state index contributed by atoms with van der Waals surface area (Å²) in [6.07, 6.45) is -13.2. The second-order valence-electron chi connectivity index (χ2n) is 4.81. The molecule has 0 spiro atoms. The average Bonchev–Trinajstić information content (AvgIpc) is 2.32. The predicted molar refractivity (Wildman–Crippen MR) is 66.1 cm³/mol. The molecule has 0 aliphatic carbocycles. The zero-order valence-electron chi connectivity index (χ0n) is 12.6. The van der Waals surface area contributed by atoms with Crippen LogP contribution in [0.1, 0.15) is 6.42 Å². The quantitative estimate of drug-likeness (QED) is 0.278. The molecule has 0 saturated heterocycles. The molecular formula is C9H10F10O6S2. The van der Waals surface area contributed by atoms with Gasteiger partial charge in [-0.15, -0.1) is 0 Å². The number of hydrogen-bond acceptors (Lipinski definition) is 6. The summed E-state index contributed by atoms with van der Waals surface area (Å²) in [5.74, 6) is -16.8. The summed E-state index contributed by atoms with van der Waals surface area (Å²) >= 11 is 0. The second-order valence-corrected chi connectivity index (χ2v) is 8.09. The van der Waals surface area contributed by atoms with E-state index in [-0.39, 0.29) is 0 Å². The van der Waals surface area contributed by atoms with E-state index in [9.17, 15) is 60.7 Å². The summed E-state index contributed by atoms with van der Waals surface area (Å²) in [5, 5.41) is 0. The Morgan fingerprint density at radius 1 is 0.556 bits per heavy atom. The topological polar surface area (TPSA) is 86.7 Å². The van der Waals surface area contributed by atoms with Gasteiger partial charge < -0.3 is 0 Å².